The predicted octanol–water partition coefficient (Wildman–Crippen LogP) is 4.17. The highest BCUT2D eigenvalue weighted by atomic mass is 79.9. The van der Waals surface area contributed by atoms with E-state index in [0.29, 0.717) is 16.6 Å². The number of amides is 1. The number of halogens is 2. The molecule has 0 aliphatic heterocycles. The molecule has 1 N–H and O–H groups in total. The zero-order valence-electron chi connectivity index (χ0n) is 9.51. The standard InChI is InChI=1S/C13H15BrClNO/c14-12-8-9(15)6-7-11(12)13(17)16-10-4-2-1-3-5-10/h6-8,10H,1-5H2,(H,16,17). The average Bonchev–Trinajstić information content (AvgIpc) is 2.30. The van der Waals surface area contributed by atoms with E-state index in [4.69, 9.17) is 11.6 Å². The second-order valence-corrected chi connectivity index (χ2v) is 5.72. The molecule has 4 heteroatoms. The van der Waals surface area contributed by atoms with Crippen LogP contribution in [-0.4, -0.2) is 11.9 Å². The van der Waals surface area contributed by atoms with Crippen LogP contribution >= 0.6 is 27.5 Å². The fourth-order valence-corrected chi connectivity index (χ4v) is 3.05. The van der Waals surface area contributed by atoms with Crippen molar-refractivity contribution in [3.8, 4) is 0 Å². The number of hydrogen-bond donors (Lipinski definition) is 1. The summed E-state index contributed by atoms with van der Waals surface area (Å²) in [5, 5.41) is 3.71. The molecule has 0 saturated heterocycles. The van der Waals surface area contributed by atoms with Gasteiger partial charge >= 0.3 is 0 Å². The molecule has 1 aliphatic carbocycles. The second kappa shape index (κ2) is 5.87. The van der Waals surface area contributed by atoms with Gasteiger partial charge in [-0.3, -0.25) is 4.79 Å². The number of hydrogen-bond acceptors (Lipinski definition) is 1. The summed E-state index contributed by atoms with van der Waals surface area (Å²) in [6, 6.07) is 5.57. The highest BCUT2D eigenvalue weighted by molar-refractivity contribution is 9.10. The van der Waals surface area contributed by atoms with Crippen LogP contribution in [-0.2, 0) is 0 Å². The fourth-order valence-electron chi connectivity index (χ4n) is 2.18. The summed E-state index contributed by atoms with van der Waals surface area (Å²) < 4.78 is 0.748. The fraction of sp³-hybridized carbons (Fsp3) is 0.462. The normalized spacial score (nSPS) is 16.8. The van der Waals surface area contributed by atoms with Crippen molar-refractivity contribution in [1.82, 2.24) is 5.32 Å². The Morgan fingerprint density at radius 3 is 2.65 bits per heavy atom. The van der Waals surface area contributed by atoms with E-state index in [9.17, 15) is 4.79 Å². The van der Waals surface area contributed by atoms with Crippen LogP contribution in [0.1, 0.15) is 42.5 Å². The number of benzene rings is 1. The molecule has 0 spiro atoms. The monoisotopic (exact) mass is 315 g/mol. The molecular formula is C13H15BrClNO. The summed E-state index contributed by atoms with van der Waals surface area (Å²) in [6.07, 6.45) is 5.91. The maximum Gasteiger partial charge on any atom is 0.252 e. The van der Waals surface area contributed by atoms with Crippen LogP contribution in [0.4, 0.5) is 0 Å². The van der Waals surface area contributed by atoms with E-state index in [-0.39, 0.29) is 5.91 Å². The van der Waals surface area contributed by atoms with Gasteiger partial charge in [-0.05, 0) is 47.0 Å². The maximum atomic E-state index is 12.1. The van der Waals surface area contributed by atoms with Crippen LogP contribution in [0.2, 0.25) is 5.02 Å². The smallest absolute Gasteiger partial charge is 0.252 e. The highest BCUT2D eigenvalue weighted by Crippen LogP contribution is 2.23. The zero-order valence-corrected chi connectivity index (χ0v) is 11.9. The Hall–Kier alpha value is -0.540. The number of rotatable bonds is 2. The lowest BCUT2D eigenvalue weighted by atomic mass is 9.95. The minimum Gasteiger partial charge on any atom is -0.349 e. The molecule has 1 fully saturated rings. The highest BCUT2D eigenvalue weighted by Gasteiger charge is 2.17. The first-order valence-corrected chi connectivity index (χ1v) is 7.10. The first-order valence-electron chi connectivity index (χ1n) is 5.93. The van der Waals surface area contributed by atoms with Gasteiger partial charge in [0.25, 0.3) is 5.91 Å². The van der Waals surface area contributed by atoms with Crippen LogP contribution in [0.3, 0.4) is 0 Å². The second-order valence-electron chi connectivity index (χ2n) is 4.43. The van der Waals surface area contributed by atoms with Crippen LogP contribution < -0.4 is 5.32 Å². The minimum atomic E-state index is -0.0135. The van der Waals surface area contributed by atoms with Crippen molar-refractivity contribution in [2.45, 2.75) is 38.1 Å². The molecule has 0 aromatic heterocycles. The quantitative estimate of drug-likeness (QED) is 0.872. The number of carbonyl (C=O) groups is 1. The third-order valence-electron chi connectivity index (χ3n) is 3.12. The topological polar surface area (TPSA) is 29.1 Å². The molecule has 0 unspecified atom stereocenters. The summed E-state index contributed by atoms with van der Waals surface area (Å²) in [7, 11) is 0. The summed E-state index contributed by atoms with van der Waals surface area (Å²) in [6.45, 7) is 0. The summed E-state index contributed by atoms with van der Waals surface area (Å²) in [5.74, 6) is -0.0135. The van der Waals surface area contributed by atoms with Crippen molar-refractivity contribution in [2.24, 2.45) is 0 Å². The van der Waals surface area contributed by atoms with Crippen molar-refractivity contribution in [3.63, 3.8) is 0 Å². The first kappa shape index (κ1) is 12.9. The number of nitrogens with one attached hydrogen (secondary N) is 1. The lowest BCUT2D eigenvalue weighted by Crippen LogP contribution is -2.36. The Kier molecular flexibility index (Phi) is 4.46. The molecule has 1 aromatic rings. The first-order chi connectivity index (χ1) is 8.16. The molecule has 2 rings (SSSR count). The van der Waals surface area contributed by atoms with E-state index in [1.807, 2.05) is 0 Å². The molecule has 0 atom stereocenters. The molecule has 92 valence electrons. The summed E-state index contributed by atoms with van der Waals surface area (Å²) in [5.41, 5.74) is 0.653. The van der Waals surface area contributed by atoms with Gasteiger partial charge < -0.3 is 5.32 Å². The van der Waals surface area contributed by atoms with Gasteiger partial charge in [-0.1, -0.05) is 30.9 Å². The molecule has 17 heavy (non-hydrogen) atoms. The Balaban J connectivity index is 2.03. The molecule has 0 bridgehead atoms. The largest absolute Gasteiger partial charge is 0.349 e. The van der Waals surface area contributed by atoms with E-state index in [0.717, 1.165) is 17.3 Å². The van der Waals surface area contributed by atoms with Gasteiger partial charge in [0.1, 0.15) is 0 Å². The van der Waals surface area contributed by atoms with E-state index >= 15 is 0 Å². The lowest BCUT2D eigenvalue weighted by molar-refractivity contribution is 0.0927. The molecule has 1 saturated carbocycles. The Morgan fingerprint density at radius 1 is 1.29 bits per heavy atom. The van der Waals surface area contributed by atoms with Gasteiger partial charge in [0.15, 0.2) is 0 Å². The zero-order chi connectivity index (χ0) is 12.3. The van der Waals surface area contributed by atoms with E-state index < -0.39 is 0 Å². The van der Waals surface area contributed by atoms with Crippen LogP contribution in [0.15, 0.2) is 22.7 Å². The van der Waals surface area contributed by atoms with Crippen molar-refractivity contribution >= 4 is 33.4 Å². The van der Waals surface area contributed by atoms with Gasteiger partial charge in [0.05, 0.1) is 5.56 Å². The third-order valence-corrected chi connectivity index (χ3v) is 4.01. The maximum absolute atomic E-state index is 12.1. The Morgan fingerprint density at radius 2 is 2.00 bits per heavy atom. The molecular weight excluding hydrogens is 302 g/mol. The molecule has 1 aliphatic rings. The molecule has 2 nitrogen and oxygen atoms in total. The van der Waals surface area contributed by atoms with Crippen LogP contribution in [0.25, 0.3) is 0 Å². The Labute approximate surface area is 115 Å². The van der Waals surface area contributed by atoms with Gasteiger partial charge in [0, 0.05) is 15.5 Å². The van der Waals surface area contributed by atoms with E-state index in [1.165, 1.54) is 19.3 Å². The van der Waals surface area contributed by atoms with Gasteiger partial charge in [-0.25, -0.2) is 0 Å². The van der Waals surface area contributed by atoms with Crippen molar-refractivity contribution in [3.05, 3.63) is 33.3 Å². The van der Waals surface area contributed by atoms with Crippen molar-refractivity contribution in [1.29, 1.82) is 0 Å². The van der Waals surface area contributed by atoms with Gasteiger partial charge in [0.2, 0.25) is 0 Å². The number of carbonyl (C=O) groups excluding carboxylic acids is 1. The minimum absolute atomic E-state index is 0.0135. The predicted molar refractivity (Wildman–Crippen MR) is 73.5 cm³/mol. The third kappa shape index (κ3) is 3.46. The van der Waals surface area contributed by atoms with Crippen LogP contribution in [0, 0.1) is 0 Å². The SMILES string of the molecule is O=C(NC1CCCCC1)c1ccc(Cl)cc1Br. The summed E-state index contributed by atoms with van der Waals surface area (Å²) >= 11 is 9.22. The van der Waals surface area contributed by atoms with Crippen molar-refractivity contribution in [2.75, 3.05) is 0 Å². The summed E-state index contributed by atoms with van der Waals surface area (Å²) in [4.78, 5) is 12.1. The van der Waals surface area contributed by atoms with Crippen molar-refractivity contribution < 1.29 is 4.79 Å². The van der Waals surface area contributed by atoms with Gasteiger partial charge in [-0.2, -0.15) is 0 Å². The molecule has 1 aromatic carbocycles. The van der Waals surface area contributed by atoms with E-state index in [2.05, 4.69) is 21.2 Å². The lowest BCUT2D eigenvalue weighted by Gasteiger charge is -2.23. The van der Waals surface area contributed by atoms with Crippen LogP contribution in [0.5, 0.6) is 0 Å². The Bertz CT molecular complexity index is 416. The molecule has 0 radical (unpaired) electrons. The molecule has 1 amide bonds. The average molecular weight is 317 g/mol. The van der Waals surface area contributed by atoms with E-state index in [1.54, 1.807) is 18.2 Å². The molecule has 0 heterocycles. The van der Waals surface area contributed by atoms with Gasteiger partial charge in [-0.15, -0.1) is 0 Å².